The Bertz CT molecular complexity index is 1030. The molecule has 1 heterocycles. The summed E-state index contributed by atoms with van der Waals surface area (Å²) in [5.41, 5.74) is 1.11. The summed E-state index contributed by atoms with van der Waals surface area (Å²) in [6.45, 7) is 0.476. The van der Waals surface area contributed by atoms with Gasteiger partial charge in [0.2, 0.25) is 0 Å². The van der Waals surface area contributed by atoms with Gasteiger partial charge in [-0.2, -0.15) is 13.2 Å². The van der Waals surface area contributed by atoms with E-state index in [1.54, 1.807) is 42.7 Å². The van der Waals surface area contributed by atoms with Crippen LogP contribution in [0.3, 0.4) is 0 Å². The van der Waals surface area contributed by atoms with Gasteiger partial charge in [0, 0.05) is 30.2 Å². The lowest BCUT2D eigenvalue weighted by Gasteiger charge is -2.12. The maximum absolute atomic E-state index is 12.8. The van der Waals surface area contributed by atoms with Crippen LogP contribution < -0.4 is 15.4 Å². The number of nitrogens with zero attached hydrogens (tertiary/aromatic N) is 1. The molecule has 0 unspecified atom stereocenters. The van der Waals surface area contributed by atoms with Gasteiger partial charge in [0.15, 0.2) is 0 Å². The van der Waals surface area contributed by atoms with E-state index in [4.69, 9.17) is 16.3 Å². The molecule has 3 aromatic rings. The summed E-state index contributed by atoms with van der Waals surface area (Å²) in [7, 11) is 0. The number of rotatable bonds is 7. The number of nitrogens with one attached hydrogen (secondary N) is 2. The first kappa shape index (κ1) is 22.4. The number of carbonyl (C=O) groups excluding carboxylic acids is 1. The molecule has 0 aliphatic rings. The third-order valence-electron chi connectivity index (χ3n) is 4.26. The Labute approximate surface area is 182 Å². The van der Waals surface area contributed by atoms with Gasteiger partial charge in [0.05, 0.1) is 10.6 Å². The number of benzene rings is 2. The maximum Gasteiger partial charge on any atom is 0.416 e. The van der Waals surface area contributed by atoms with Crippen molar-refractivity contribution in [3.8, 4) is 5.75 Å². The second-order valence-corrected chi connectivity index (χ2v) is 7.03. The third-order valence-corrected chi connectivity index (χ3v) is 4.56. The molecule has 31 heavy (non-hydrogen) atoms. The number of amides is 2. The van der Waals surface area contributed by atoms with Gasteiger partial charge in [0.1, 0.15) is 12.4 Å². The average molecular weight is 450 g/mol. The van der Waals surface area contributed by atoms with E-state index in [9.17, 15) is 18.0 Å². The van der Waals surface area contributed by atoms with Crippen LogP contribution >= 0.6 is 11.6 Å². The Morgan fingerprint density at radius 3 is 2.58 bits per heavy atom. The summed E-state index contributed by atoms with van der Waals surface area (Å²) >= 11 is 6.21. The first-order chi connectivity index (χ1) is 14.8. The minimum atomic E-state index is -4.39. The van der Waals surface area contributed by atoms with Crippen molar-refractivity contribution in [1.82, 2.24) is 10.3 Å². The van der Waals surface area contributed by atoms with Gasteiger partial charge in [-0.25, -0.2) is 4.79 Å². The number of hydrogen-bond acceptors (Lipinski definition) is 3. The largest absolute Gasteiger partial charge is 0.487 e. The molecule has 2 N–H and O–H groups in total. The van der Waals surface area contributed by atoms with Crippen molar-refractivity contribution in [1.29, 1.82) is 0 Å². The summed E-state index contributed by atoms with van der Waals surface area (Å²) < 4.78 is 43.9. The summed E-state index contributed by atoms with van der Waals surface area (Å²) in [6, 6.07) is 13.0. The molecule has 2 amide bonds. The zero-order valence-corrected chi connectivity index (χ0v) is 17.0. The molecule has 0 saturated carbocycles. The van der Waals surface area contributed by atoms with Gasteiger partial charge in [0.25, 0.3) is 0 Å². The van der Waals surface area contributed by atoms with Crippen molar-refractivity contribution in [2.75, 3.05) is 11.9 Å². The van der Waals surface area contributed by atoms with Gasteiger partial charge in [-0.3, -0.25) is 4.98 Å². The molecule has 3 rings (SSSR count). The molecule has 0 aliphatic heterocycles. The van der Waals surface area contributed by atoms with Gasteiger partial charge in [-0.1, -0.05) is 35.9 Å². The highest BCUT2D eigenvalue weighted by atomic mass is 35.5. The summed E-state index contributed by atoms with van der Waals surface area (Å²) in [5, 5.41) is 5.56. The second kappa shape index (κ2) is 10.2. The van der Waals surface area contributed by atoms with E-state index in [1.165, 1.54) is 6.07 Å². The molecule has 0 aliphatic carbocycles. The third kappa shape index (κ3) is 6.89. The Balaban J connectivity index is 1.47. The van der Waals surface area contributed by atoms with Crippen LogP contribution in [0.2, 0.25) is 5.02 Å². The number of aromatic nitrogens is 1. The predicted octanol–water partition coefficient (Wildman–Crippen LogP) is 5.70. The zero-order chi connectivity index (χ0) is 22.3. The number of halogens is 4. The van der Waals surface area contributed by atoms with Crippen LogP contribution in [0, 0.1) is 0 Å². The molecule has 0 radical (unpaired) electrons. The van der Waals surface area contributed by atoms with Gasteiger partial charge in [-0.05, 0) is 42.3 Å². The first-order valence-corrected chi connectivity index (χ1v) is 9.71. The predicted molar refractivity (Wildman–Crippen MR) is 112 cm³/mol. The van der Waals surface area contributed by atoms with Crippen molar-refractivity contribution >= 4 is 23.3 Å². The van der Waals surface area contributed by atoms with Crippen molar-refractivity contribution in [2.24, 2.45) is 0 Å². The lowest BCUT2D eigenvalue weighted by molar-refractivity contribution is -0.137. The fourth-order valence-electron chi connectivity index (χ4n) is 2.74. The highest BCUT2D eigenvalue weighted by molar-refractivity contribution is 6.32. The molecule has 9 heteroatoms. The standard InChI is InChI=1S/C22H19ClF3N3O2/c23-19-12-18(6-7-20(19)31-14-16-4-2-9-27-13-16)29-21(30)28-10-8-15-3-1-5-17(11-15)22(24,25)26/h1-7,9,11-13H,8,10,14H2,(H2,28,29,30). The molecule has 162 valence electrons. The van der Waals surface area contributed by atoms with Crippen LogP contribution in [0.1, 0.15) is 16.7 Å². The second-order valence-electron chi connectivity index (χ2n) is 6.62. The number of ether oxygens (including phenoxy) is 1. The minimum absolute atomic E-state index is 0.174. The van der Waals surface area contributed by atoms with Crippen LogP contribution in [-0.2, 0) is 19.2 Å². The molecular weight excluding hydrogens is 431 g/mol. The fraction of sp³-hybridized carbons (Fsp3) is 0.182. The number of carbonyl (C=O) groups is 1. The molecule has 2 aromatic carbocycles. The first-order valence-electron chi connectivity index (χ1n) is 9.33. The summed E-state index contributed by atoms with van der Waals surface area (Å²) in [4.78, 5) is 16.1. The normalized spacial score (nSPS) is 11.1. The maximum atomic E-state index is 12.8. The number of alkyl halides is 3. The fourth-order valence-corrected chi connectivity index (χ4v) is 2.97. The van der Waals surface area contributed by atoms with Crippen molar-refractivity contribution in [3.63, 3.8) is 0 Å². The summed E-state index contributed by atoms with van der Waals surface area (Å²) in [5.74, 6) is 0.459. The van der Waals surface area contributed by atoms with E-state index in [1.807, 2.05) is 6.07 Å². The van der Waals surface area contributed by atoms with E-state index in [0.717, 1.165) is 17.7 Å². The highest BCUT2D eigenvalue weighted by Crippen LogP contribution is 2.30. The Morgan fingerprint density at radius 1 is 1.06 bits per heavy atom. The molecular formula is C22H19ClF3N3O2. The Hall–Kier alpha value is -3.26. The van der Waals surface area contributed by atoms with Gasteiger partial charge < -0.3 is 15.4 Å². The molecule has 0 fully saturated rings. The van der Waals surface area contributed by atoms with Gasteiger partial charge >= 0.3 is 12.2 Å². The lowest BCUT2D eigenvalue weighted by Crippen LogP contribution is -2.30. The summed E-state index contributed by atoms with van der Waals surface area (Å²) in [6.07, 6.45) is -0.775. The minimum Gasteiger partial charge on any atom is -0.487 e. The average Bonchev–Trinajstić information content (AvgIpc) is 2.73. The molecule has 0 bridgehead atoms. The molecule has 0 atom stereocenters. The van der Waals surface area contributed by atoms with E-state index in [2.05, 4.69) is 15.6 Å². The van der Waals surface area contributed by atoms with Crippen LogP contribution in [-0.4, -0.2) is 17.6 Å². The number of urea groups is 1. The quantitative estimate of drug-likeness (QED) is 0.486. The van der Waals surface area contributed by atoms with Crippen LogP contribution in [0.5, 0.6) is 5.75 Å². The van der Waals surface area contributed by atoms with Crippen LogP contribution in [0.15, 0.2) is 67.0 Å². The van der Waals surface area contributed by atoms with E-state index in [-0.39, 0.29) is 13.0 Å². The van der Waals surface area contributed by atoms with E-state index < -0.39 is 17.8 Å². The highest BCUT2D eigenvalue weighted by Gasteiger charge is 2.30. The van der Waals surface area contributed by atoms with Crippen molar-refractivity contribution in [3.05, 3.63) is 88.7 Å². The Kier molecular flexibility index (Phi) is 7.36. The van der Waals surface area contributed by atoms with Crippen LogP contribution in [0.25, 0.3) is 0 Å². The topological polar surface area (TPSA) is 63.2 Å². The smallest absolute Gasteiger partial charge is 0.416 e. The Morgan fingerprint density at radius 2 is 1.87 bits per heavy atom. The number of anilines is 1. The van der Waals surface area contributed by atoms with E-state index in [0.29, 0.717) is 28.6 Å². The zero-order valence-electron chi connectivity index (χ0n) is 16.2. The molecule has 0 saturated heterocycles. The van der Waals surface area contributed by atoms with Crippen molar-refractivity contribution in [2.45, 2.75) is 19.2 Å². The molecule has 1 aromatic heterocycles. The monoisotopic (exact) mass is 449 g/mol. The van der Waals surface area contributed by atoms with E-state index >= 15 is 0 Å². The SMILES string of the molecule is O=C(NCCc1cccc(C(F)(F)F)c1)Nc1ccc(OCc2cccnc2)c(Cl)c1. The van der Waals surface area contributed by atoms with Crippen molar-refractivity contribution < 1.29 is 22.7 Å². The van der Waals surface area contributed by atoms with Gasteiger partial charge in [-0.15, -0.1) is 0 Å². The number of hydrogen-bond donors (Lipinski definition) is 2. The van der Waals surface area contributed by atoms with Crippen LogP contribution in [0.4, 0.5) is 23.7 Å². The lowest BCUT2D eigenvalue weighted by atomic mass is 10.1. The molecule has 5 nitrogen and oxygen atoms in total. The molecule has 0 spiro atoms. The number of pyridine rings is 1.